The van der Waals surface area contributed by atoms with Gasteiger partial charge >= 0.3 is 0 Å². The van der Waals surface area contributed by atoms with Crippen LogP contribution in [0.3, 0.4) is 0 Å². The van der Waals surface area contributed by atoms with Gasteiger partial charge in [-0.1, -0.05) is 0 Å². The minimum Gasteiger partial charge on any atom is -0.395 e. The Bertz CT molecular complexity index is 560. The molecule has 5 heteroatoms. The van der Waals surface area contributed by atoms with E-state index < -0.39 is 5.67 Å². The van der Waals surface area contributed by atoms with Crippen LogP contribution in [0.1, 0.15) is 19.4 Å². The Labute approximate surface area is 98.9 Å². The zero-order chi connectivity index (χ0) is 12.6. The second kappa shape index (κ2) is 3.84. The second-order valence-corrected chi connectivity index (χ2v) is 4.66. The van der Waals surface area contributed by atoms with Gasteiger partial charge in [0.05, 0.1) is 16.7 Å². The van der Waals surface area contributed by atoms with Crippen molar-refractivity contribution in [3.63, 3.8) is 0 Å². The molecule has 0 spiro atoms. The first-order chi connectivity index (χ1) is 7.88. The van der Waals surface area contributed by atoms with Gasteiger partial charge in [0.15, 0.2) is 0 Å². The molecular formula is C12H15FN4. The van der Waals surface area contributed by atoms with E-state index in [2.05, 4.69) is 9.97 Å². The number of fused-ring (bicyclic) bond motifs is 1. The van der Waals surface area contributed by atoms with Gasteiger partial charge in [-0.15, -0.1) is 0 Å². The highest BCUT2D eigenvalue weighted by molar-refractivity contribution is 5.87. The average Bonchev–Trinajstić information content (AvgIpc) is 2.23. The number of alkyl halides is 1. The molecule has 2 aromatic rings. The maximum atomic E-state index is 13.8. The average molecular weight is 234 g/mol. The number of rotatable bonds is 2. The molecule has 2 aromatic heterocycles. The fourth-order valence-electron chi connectivity index (χ4n) is 1.79. The lowest BCUT2D eigenvalue weighted by molar-refractivity contribution is 0.218. The van der Waals surface area contributed by atoms with Crippen LogP contribution in [-0.2, 0) is 6.42 Å². The van der Waals surface area contributed by atoms with Crippen molar-refractivity contribution in [3.8, 4) is 0 Å². The Balaban J connectivity index is 2.70. The van der Waals surface area contributed by atoms with Crippen LogP contribution in [0.2, 0.25) is 0 Å². The maximum Gasteiger partial charge on any atom is 0.147 e. The minimum absolute atomic E-state index is 0.166. The van der Waals surface area contributed by atoms with Crippen LogP contribution in [0.25, 0.3) is 11.0 Å². The lowest BCUT2D eigenvalue weighted by Crippen LogP contribution is -2.18. The Hall–Kier alpha value is -1.91. The van der Waals surface area contributed by atoms with Crippen LogP contribution in [0.15, 0.2) is 18.3 Å². The normalized spacial score (nSPS) is 11.9. The molecule has 17 heavy (non-hydrogen) atoms. The molecule has 4 N–H and O–H groups in total. The van der Waals surface area contributed by atoms with Gasteiger partial charge < -0.3 is 11.5 Å². The highest BCUT2D eigenvalue weighted by atomic mass is 19.1. The Morgan fingerprint density at radius 3 is 2.71 bits per heavy atom. The molecule has 2 rings (SSSR count). The van der Waals surface area contributed by atoms with Crippen LogP contribution in [0.5, 0.6) is 0 Å². The number of nitrogens with two attached hydrogens (primary N) is 2. The van der Waals surface area contributed by atoms with Crippen molar-refractivity contribution in [2.75, 3.05) is 11.5 Å². The minimum atomic E-state index is -1.37. The van der Waals surface area contributed by atoms with Gasteiger partial charge in [0.25, 0.3) is 0 Å². The van der Waals surface area contributed by atoms with E-state index in [-0.39, 0.29) is 12.2 Å². The fourth-order valence-corrected chi connectivity index (χ4v) is 1.79. The predicted octanol–water partition coefficient (Wildman–Crippen LogP) is 2.08. The van der Waals surface area contributed by atoms with E-state index in [4.69, 9.17) is 11.5 Å². The van der Waals surface area contributed by atoms with E-state index >= 15 is 0 Å². The van der Waals surface area contributed by atoms with Crippen molar-refractivity contribution in [2.24, 2.45) is 0 Å². The van der Waals surface area contributed by atoms with Crippen molar-refractivity contribution in [1.82, 2.24) is 9.97 Å². The Kier molecular flexibility index (Phi) is 2.61. The molecule has 2 heterocycles. The van der Waals surface area contributed by atoms with Gasteiger partial charge in [0, 0.05) is 18.2 Å². The summed E-state index contributed by atoms with van der Waals surface area (Å²) in [6.45, 7) is 3.00. The van der Waals surface area contributed by atoms with Crippen molar-refractivity contribution in [3.05, 3.63) is 23.9 Å². The van der Waals surface area contributed by atoms with Gasteiger partial charge in [-0.2, -0.15) is 0 Å². The van der Waals surface area contributed by atoms with Crippen molar-refractivity contribution >= 4 is 22.5 Å². The lowest BCUT2D eigenvalue weighted by atomic mass is 9.98. The zero-order valence-corrected chi connectivity index (χ0v) is 9.87. The van der Waals surface area contributed by atoms with E-state index in [0.717, 1.165) is 0 Å². The first-order valence-electron chi connectivity index (χ1n) is 5.36. The van der Waals surface area contributed by atoms with Crippen LogP contribution in [0, 0.1) is 0 Å². The SMILES string of the molecule is CC(C)(F)Cc1c(N)c(N)nc2cccnc12. The Morgan fingerprint density at radius 1 is 1.35 bits per heavy atom. The van der Waals surface area contributed by atoms with Gasteiger partial charge in [0.1, 0.15) is 11.5 Å². The molecule has 0 bridgehead atoms. The topological polar surface area (TPSA) is 77.8 Å². The standard InChI is InChI=1S/C12H15FN4/c1-12(2,13)6-7-9(14)11(15)17-8-4-3-5-16-10(7)8/h3-5H,6,14H2,1-2H3,(H2,15,17). The number of hydrogen-bond acceptors (Lipinski definition) is 4. The third-order valence-corrected chi connectivity index (χ3v) is 2.51. The number of hydrogen-bond donors (Lipinski definition) is 2. The first-order valence-corrected chi connectivity index (χ1v) is 5.36. The number of halogens is 1. The number of nitrogen functional groups attached to an aromatic ring is 2. The predicted molar refractivity (Wildman–Crippen MR) is 67.3 cm³/mol. The van der Waals surface area contributed by atoms with Crippen molar-refractivity contribution in [1.29, 1.82) is 0 Å². The van der Waals surface area contributed by atoms with Gasteiger partial charge in [-0.05, 0) is 26.0 Å². The van der Waals surface area contributed by atoms with Crippen molar-refractivity contribution < 1.29 is 4.39 Å². The largest absolute Gasteiger partial charge is 0.395 e. The van der Waals surface area contributed by atoms with Gasteiger partial charge in [-0.3, -0.25) is 4.98 Å². The number of aromatic nitrogens is 2. The molecular weight excluding hydrogens is 219 g/mol. The summed E-state index contributed by atoms with van der Waals surface area (Å²) in [4.78, 5) is 8.34. The van der Waals surface area contributed by atoms with Crippen LogP contribution in [-0.4, -0.2) is 15.6 Å². The molecule has 0 unspecified atom stereocenters. The summed E-state index contributed by atoms with van der Waals surface area (Å²) < 4.78 is 13.8. The number of pyridine rings is 2. The molecule has 0 aliphatic carbocycles. The molecule has 4 nitrogen and oxygen atoms in total. The summed E-state index contributed by atoms with van der Waals surface area (Å²) in [5.74, 6) is 0.227. The van der Waals surface area contributed by atoms with E-state index in [1.165, 1.54) is 13.8 Å². The van der Waals surface area contributed by atoms with Crippen molar-refractivity contribution in [2.45, 2.75) is 25.9 Å². The summed E-state index contributed by atoms with van der Waals surface area (Å²) >= 11 is 0. The smallest absolute Gasteiger partial charge is 0.147 e. The molecule has 0 aliphatic rings. The Morgan fingerprint density at radius 2 is 2.06 bits per heavy atom. The molecule has 0 aliphatic heterocycles. The highest BCUT2D eigenvalue weighted by Crippen LogP contribution is 2.29. The molecule has 0 radical (unpaired) electrons. The summed E-state index contributed by atoms with van der Waals surface area (Å²) in [5, 5.41) is 0. The first kappa shape index (κ1) is 11.6. The fraction of sp³-hybridized carbons (Fsp3) is 0.333. The van der Waals surface area contributed by atoms with Crippen LogP contribution < -0.4 is 11.5 Å². The van der Waals surface area contributed by atoms with E-state index in [9.17, 15) is 4.39 Å². The number of anilines is 2. The molecule has 90 valence electrons. The summed E-state index contributed by atoms with van der Waals surface area (Å²) in [6.07, 6.45) is 1.80. The van der Waals surface area contributed by atoms with Crippen LogP contribution >= 0.6 is 0 Å². The molecule has 0 atom stereocenters. The van der Waals surface area contributed by atoms with E-state index in [0.29, 0.717) is 22.3 Å². The summed E-state index contributed by atoms with van der Waals surface area (Å²) in [5.41, 5.74) is 12.4. The van der Waals surface area contributed by atoms with Gasteiger partial charge in [-0.25, -0.2) is 9.37 Å². The third kappa shape index (κ3) is 2.27. The van der Waals surface area contributed by atoms with E-state index in [1.807, 2.05) is 0 Å². The summed E-state index contributed by atoms with van der Waals surface area (Å²) in [7, 11) is 0. The third-order valence-electron chi connectivity index (χ3n) is 2.51. The maximum absolute atomic E-state index is 13.8. The lowest BCUT2D eigenvalue weighted by Gasteiger charge is -2.17. The molecule has 0 saturated carbocycles. The molecule has 0 amide bonds. The number of nitrogens with zero attached hydrogens (tertiary/aromatic N) is 2. The molecule has 0 saturated heterocycles. The highest BCUT2D eigenvalue weighted by Gasteiger charge is 2.21. The zero-order valence-electron chi connectivity index (χ0n) is 9.87. The summed E-state index contributed by atoms with van der Waals surface area (Å²) in [6, 6.07) is 3.54. The molecule has 0 fully saturated rings. The van der Waals surface area contributed by atoms with E-state index in [1.54, 1.807) is 18.3 Å². The quantitative estimate of drug-likeness (QED) is 0.834. The molecule has 0 aromatic carbocycles. The monoisotopic (exact) mass is 234 g/mol. The van der Waals surface area contributed by atoms with Gasteiger partial charge in [0.2, 0.25) is 0 Å². The van der Waals surface area contributed by atoms with Crippen LogP contribution in [0.4, 0.5) is 15.9 Å². The second-order valence-electron chi connectivity index (χ2n) is 4.66.